The first-order chi connectivity index (χ1) is 14.9. The minimum Gasteiger partial charge on any atom is -0.481 e. The number of Topliss-reactive ketones (excluding diaryl/α,β-unsaturated/α-hetero) is 1. The molecule has 0 radical (unpaired) electrons. The fourth-order valence-electron chi connectivity index (χ4n) is 4.53. The minimum atomic E-state index is -0.773. The van der Waals surface area contributed by atoms with Gasteiger partial charge in [0.15, 0.2) is 0 Å². The second kappa shape index (κ2) is 13.4. The van der Waals surface area contributed by atoms with Gasteiger partial charge in [-0.25, -0.2) is 0 Å². The molecule has 5 nitrogen and oxygen atoms in total. The summed E-state index contributed by atoms with van der Waals surface area (Å²) in [5.41, 5.74) is 1.74. The highest BCUT2D eigenvalue weighted by atomic mass is 16.4. The normalized spacial score (nSPS) is 22.6. The van der Waals surface area contributed by atoms with Gasteiger partial charge in [0.2, 0.25) is 0 Å². The number of aliphatic hydroxyl groups is 2. The number of carboxylic acid groups (broad SMARTS) is 1. The molecule has 0 saturated heterocycles. The lowest BCUT2D eigenvalue weighted by Crippen LogP contribution is -2.21. The van der Waals surface area contributed by atoms with Gasteiger partial charge in [-0.3, -0.25) is 9.59 Å². The summed E-state index contributed by atoms with van der Waals surface area (Å²) in [6.07, 6.45) is 8.63. The first-order valence-corrected chi connectivity index (χ1v) is 11.8. The van der Waals surface area contributed by atoms with Crippen LogP contribution in [0.3, 0.4) is 0 Å². The van der Waals surface area contributed by atoms with Crippen molar-refractivity contribution in [3.63, 3.8) is 0 Å². The van der Waals surface area contributed by atoms with Crippen LogP contribution in [0.2, 0.25) is 0 Å². The van der Waals surface area contributed by atoms with E-state index < -0.39 is 18.2 Å². The first-order valence-electron chi connectivity index (χ1n) is 11.8. The molecule has 0 bridgehead atoms. The van der Waals surface area contributed by atoms with Crippen LogP contribution in [0.4, 0.5) is 0 Å². The largest absolute Gasteiger partial charge is 0.481 e. The summed E-state index contributed by atoms with van der Waals surface area (Å²) >= 11 is 0. The number of carbonyl (C=O) groups excluding carboxylic acids is 1. The summed E-state index contributed by atoms with van der Waals surface area (Å²) in [6.45, 7) is 2.13. The second-order valence-corrected chi connectivity index (χ2v) is 8.77. The summed E-state index contributed by atoms with van der Waals surface area (Å²) in [5.74, 6) is -1.21. The number of carboxylic acids is 1. The van der Waals surface area contributed by atoms with Crippen molar-refractivity contribution in [2.75, 3.05) is 0 Å². The Morgan fingerprint density at radius 2 is 1.81 bits per heavy atom. The van der Waals surface area contributed by atoms with Crippen molar-refractivity contribution in [2.24, 2.45) is 11.8 Å². The molecule has 0 unspecified atom stereocenters. The van der Waals surface area contributed by atoms with E-state index in [-0.39, 0.29) is 30.5 Å². The van der Waals surface area contributed by atoms with Gasteiger partial charge in [-0.1, -0.05) is 81.9 Å². The average Bonchev–Trinajstić information content (AvgIpc) is 3.01. The zero-order chi connectivity index (χ0) is 22.6. The van der Waals surface area contributed by atoms with Crippen LogP contribution in [0, 0.1) is 11.8 Å². The summed E-state index contributed by atoms with van der Waals surface area (Å²) in [5, 5.41) is 30.3. The van der Waals surface area contributed by atoms with Crippen molar-refractivity contribution in [2.45, 2.75) is 89.8 Å². The molecule has 1 aliphatic rings. The molecule has 5 heteroatoms. The molecule has 172 valence electrons. The van der Waals surface area contributed by atoms with Crippen LogP contribution < -0.4 is 0 Å². The van der Waals surface area contributed by atoms with Gasteiger partial charge in [0.05, 0.1) is 12.2 Å². The molecule has 0 spiro atoms. The van der Waals surface area contributed by atoms with Crippen LogP contribution in [0.5, 0.6) is 0 Å². The topological polar surface area (TPSA) is 94.8 Å². The molecule has 2 rings (SSSR count). The second-order valence-electron chi connectivity index (χ2n) is 8.77. The number of carbonyl (C=O) groups is 2. The van der Waals surface area contributed by atoms with Gasteiger partial charge in [0.25, 0.3) is 0 Å². The predicted molar refractivity (Wildman–Crippen MR) is 123 cm³/mol. The smallest absolute Gasteiger partial charge is 0.303 e. The van der Waals surface area contributed by atoms with E-state index >= 15 is 0 Å². The summed E-state index contributed by atoms with van der Waals surface area (Å²) in [6, 6.07) is 9.75. The van der Waals surface area contributed by atoms with Gasteiger partial charge in [-0.15, -0.1) is 0 Å². The molecule has 0 aromatic heterocycles. The Labute approximate surface area is 186 Å². The number of ketones is 1. The summed E-state index contributed by atoms with van der Waals surface area (Å²) in [4.78, 5) is 23.2. The monoisotopic (exact) mass is 430 g/mol. The van der Waals surface area contributed by atoms with Crippen molar-refractivity contribution in [1.29, 1.82) is 0 Å². The highest BCUT2D eigenvalue weighted by molar-refractivity contribution is 5.85. The first kappa shape index (κ1) is 25.3. The van der Waals surface area contributed by atoms with Crippen molar-refractivity contribution in [3.05, 3.63) is 42.0 Å². The van der Waals surface area contributed by atoms with E-state index in [4.69, 9.17) is 5.11 Å². The Bertz CT molecular complexity index is 712. The molecule has 1 saturated carbocycles. The standard InChI is InChI=1S/C26H38O5/c1-2-3-7-15-23(27)21(19-12-8-6-9-13-19)17-22-20(24(28)18-25(22)29)14-10-4-5-11-16-26(30)31/h6,8-9,12-13,17,20,22-23,25,27,29H,2-5,7,10-11,14-16,18H2,1H3,(H,30,31)/b21-17+/t20-,22-,23-,25-/m1/s1. The summed E-state index contributed by atoms with van der Waals surface area (Å²) < 4.78 is 0. The quantitative estimate of drug-likeness (QED) is 0.361. The number of unbranched alkanes of at least 4 members (excludes halogenated alkanes) is 5. The molecule has 1 aromatic carbocycles. The number of hydrogen-bond donors (Lipinski definition) is 3. The maximum absolute atomic E-state index is 12.6. The Hall–Kier alpha value is -1.98. The van der Waals surface area contributed by atoms with E-state index in [0.717, 1.165) is 49.7 Å². The van der Waals surface area contributed by atoms with Crippen LogP contribution in [0.25, 0.3) is 5.57 Å². The van der Waals surface area contributed by atoms with Gasteiger partial charge in [-0.05, 0) is 30.4 Å². The van der Waals surface area contributed by atoms with Crippen LogP contribution in [0.15, 0.2) is 36.4 Å². The molecule has 1 fully saturated rings. The van der Waals surface area contributed by atoms with Crippen molar-refractivity contribution >= 4 is 17.3 Å². The maximum Gasteiger partial charge on any atom is 0.303 e. The Morgan fingerprint density at radius 3 is 2.48 bits per heavy atom. The third-order valence-electron chi connectivity index (χ3n) is 6.31. The van der Waals surface area contributed by atoms with E-state index in [1.165, 1.54) is 0 Å². The predicted octanol–water partition coefficient (Wildman–Crippen LogP) is 5.00. The molecule has 0 amide bonds. The van der Waals surface area contributed by atoms with Crippen LogP contribution in [0.1, 0.15) is 83.1 Å². The van der Waals surface area contributed by atoms with E-state index in [1.54, 1.807) is 0 Å². The van der Waals surface area contributed by atoms with E-state index in [2.05, 4.69) is 6.92 Å². The lowest BCUT2D eigenvalue weighted by atomic mass is 9.85. The van der Waals surface area contributed by atoms with E-state index in [1.807, 2.05) is 36.4 Å². The highest BCUT2D eigenvalue weighted by Gasteiger charge is 2.40. The highest BCUT2D eigenvalue weighted by Crippen LogP contribution is 2.37. The van der Waals surface area contributed by atoms with Gasteiger partial charge >= 0.3 is 5.97 Å². The molecule has 1 aliphatic carbocycles. The minimum absolute atomic E-state index is 0.0900. The van der Waals surface area contributed by atoms with Crippen molar-refractivity contribution < 1.29 is 24.9 Å². The van der Waals surface area contributed by atoms with Crippen LogP contribution >= 0.6 is 0 Å². The van der Waals surface area contributed by atoms with E-state index in [9.17, 15) is 19.8 Å². The van der Waals surface area contributed by atoms with Gasteiger partial charge in [-0.2, -0.15) is 0 Å². The lowest BCUT2D eigenvalue weighted by Gasteiger charge is -2.22. The molecule has 3 N–H and O–H groups in total. The SMILES string of the molecule is CCCCC[C@@H](O)/C(=C/[C@H]1[C@H](O)CC(=O)[C@@H]1CCCCCCC(=O)O)c1ccccc1. The molecule has 0 heterocycles. The van der Waals surface area contributed by atoms with E-state index in [0.29, 0.717) is 19.3 Å². The zero-order valence-corrected chi connectivity index (χ0v) is 18.7. The molecular weight excluding hydrogens is 392 g/mol. The third-order valence-corrected chi connectivity index (χ3v) is 6.31. The fraction of sp³-hybridized carbons (Fsp3) is 0.615. The molecule has 4 atom stereocenters. The number of rotatable bonds is 14. The third kappa shape index (κ3) is 8.23. The maximum atomic E-state index is 12.6. The molecule has 31 heavy (non-hydrogen) atoms. The molecule has 0 aliphatic heterocycles. The number of benzene rings is 1. The van der Waals surface area contributed by atoms with Crippen LogP contribution in [-0.4, -0.2) is 39.3 Å². The van der Waals surface area contributed by atoms with Gasteiger partial charge < -0.3 is 15.3 Å². The zero-order valence-electron chi connectivity index (χ0n) is 18.7. The van der Waals surface area contributed by atoms with Crippen LogP contribution in [-0.2, 0) is 9.59 Å². The van der Waals surface area contributed by atoms with Crippen molar-refractivity contribution in [1.82, 2.24) is 0 Å². The van der Waals surface area contributed by atoms with Gasteiger partial charge in [0.1, 0.15) is 5.78 Å². The number of aliphatic hydroxyl groups excluding tert-OH is 2. The average molecular weight is 431 g/mol. The lowest BCUT2D eigenvalue weighted by molar-refractivity contribution is -0.137. The Morgan fingerprint density at radius 1 is 1.10 bits per heavy atom. The number of hydrogen-bond acceptors (Lipinski definition) is 4. The van der Waals surface area contributed by atoms with Crippen molar-refractivity contribution in [3.8, 4) is 0 Å². The Kier molecular flexibility index (Phi) is 11.0. The molecular formula is C26H38O5. The summed E-state index contributed by atoms with van der Waals surface area (Å²) in [7, 11) is 0. The molecule has 1 aromatic rings. The fourth-order valence-corrected chi connectivity index (χ4v) is 4.53. The van der Waals surface area contributed by atoms with Gasteiger partial charge in [0, 0.05) is 24.7 Å². The number of aliphatic carboxylic acids is 1. The Balaban J connectivity index is 2.10.